The molecule has 0 aliphatic carbocycles. The van der Waals surface area contributed by atoms with Gasteiger partial charge in [-0.1, -0.05) is 5.16 Å². The fourth-order valence-corrected chi connectivity index (χ4v) is 0.910. The second kappa shape index (κ2) is 4.40. The van der Waals surface area contributed by atoms with Gasteiger partial charge in [0, 0.05) is 13.1 Å². The van der Waals surface area contributed by atoms with Crippen LogP contribution in [0, 0.1) is 0 Å². The van der Waals surface area contributed by atoms with Gasteiger partial charge in [0.2, 0.25) is 5.91 Å². The van der Waals surface area contributed by atoms with Crippen molar-refractivity contribution in [1.82, 2.24) is 10.1 Å². The van der Waals surface area contributed by atoms with Crippen molar-refractivity contribution in [3.05, 3.63) is 18.0 Å². The Kier molecular flexibility index (Phi) is 3.22. The van der Waals surface area contributed by atoms with Crippen LogP contribution in [0.4, 0.5) is 0 Å². The van der Waals surface area contributed by atoms with Crippen LogP contribution in [-0.4, -0.2) is 40.6 Å². The van der Waals surface area contributed by atoms with Gasteiger partial charge in [0.1, 0.15) is 12.8 Å². The van der Waals surface area contributed by atoms with Crippen molar-refractivity contribution >= 4 is 11.9 Å². The molecule has 0 aliphatic heterocycles. The maximum absolute atomic E-state index is 11.3. The Labute approximate surface area is 80.1 Å². The zero-order valence-electron chi connectivity index (χ0n) is 7.64. The van der Waals surface area contributed by atoms with Crippen LogP contribution in [0.5, 0.6) is 0 Å². The first-order valence-corrected chi connectivity index (χ1v) is 3.94. The van der Waals surface area contributed by atoms with Gasteiger partial charge in [-0.05, 0) is 0 Å². The Morgan fingerprint density at radius 2 is 2.36 bits per heavy atom. The van der Waals surface area contributed by atoms with Crippen molar-refractivity contribution in [2.45, 2.75) is 6.42 Å². The van der Waals surface area contributed by atoms with Crippen LogP contribution < -0.4 is 0 Å². The normalized spacial score (nSPS) is 9.79. The molecule has 0 bridgehead atoms. The SMILES string of the molecule is CN(CC(=O)O)C(=O)Cc1ccon1. The standard InChI is InChI=1S/C8H10N2O4/c1-10(5-8(12)13)7(11)4-6-2-3-14-9-6/h2-3H,4-5H2,1H3,(H,12,13). The van der Waals surface area contributed by atoms with Crippen LogP contribution in [0.1, 0.15) is 5.69 Å². The van der Waals surface area contributed by atoms with Gasteiger partial charge in [-0.15, -0.1) is 0 Å². The Morgan fingerprint density at radius 3 is 2.86 bits per heavy atom. The number of nitrogens with zero attached hydrogens (tertiary/aromatic N) is 2. The van der Waals surface area contributed by atoms with Crippen LogP contribution in [0.25, 0.3) is 0 Å². The van der Waals surface area contributed by atoms with Crippen molar-refractivity contribution in [3.8, 4) is 0 Å². The van der Waals surface area contributed by atoms with Crippen molar-refractivity contribution < 1.29 is 19.2 Å². The maximum Gasteiger partial charge on any atom is 0.323 e. The lowest BCUT2D eigenvalue weighted by atomic mass is 10.3. The zero-order chi connectivity index (χ0) is 10.6. The number of likely N-dealkylation sites (N-methyl/N-ethyl adjacent to an activating group) is 1. The molecule has 0 saturated carbocycles. The monoisotopic (exact) mass is 198 g/mol. The van der Waals surface area contributed by atoms with E-state index in [2.05, 4.69) is 9.68 Å². The molecule has 14 heavy (non-hydrogen) atoms. The van der Waals surface area contributed by atoms with Gasteiger partial charge in [0.15, 0.2) is 0 Å². The molecular formula is C8H10N2O4. The van der Waals surface area contributed by atoms with E-state index in [-0.39, 0.29) is 18.9 Å². The molecule has 0 fully saturated rings. The highest BCUT2D eigenvalue weighted by molar-refractivity contribution is 5.82. The molecule has 6 heteroatoms. The molecule has 1 aromatic heterocycles. The molecule has 0 radical (unpaired) electrons. The minimum Gasteiger partial charge on any atom is -0.480 e. The number of carbonyl (C=O) groups is 2. The van der Waals surface area contributed by atoms with Gasteiger partial charge in [-0.25, -0.2) is 0 Å². The third-order valence-electron chi connectivity index (χ3n) is 1.62. The number of aliphatic carboxylic acids is 1. The summed E-state index contributed by atoms with van der Waals surface area (Å²) in [6, 6.07) is 1.56. The number of hydrogen-bond acceptors (Lipinski definition) is 4. The number of carbonyl (C=O) groups excluding carboxylic acids is 1. The molecular weight excluding hydrogens is 188 g/mol. The number of carboxylic acid groups (broad SMARTS) is 1. The molecule has 1 N–H and O–H groups in total. The summed E-state index contributed by atoms with van der Waals surface area (Å²) in [5.41, 5.74) is 0.493. The molecule has 0 saturated heterocycles. The number of carboxylic acids is 1. The van der Waals surface area contributed by atoms with E-state index in [0.29, 0.717) is 5.69 Å². The fraction of sp³-hybridized carbons (Fsp3) is 0.375. The quantitative estimate of drug-likeness (QED) is 0.721. The number of hydrogen-bond donors (Lipinski definition) is 1. The smallest absolute Gasteiger partial charge is 0.323 e. The Balaban J connectivity index is 2.46. The number of rotatable bonds is 4. The van der Waals surface area contributed by atoms with Gasteiger partial charge in [-0.2, -0.15) is 0 Å². The van der Waals surface area contributed by atoms with E-state index in [4.69, 9.17) is 5.11 Å². The minimum absolute atomic E-state index is 0.0558. The lowest BCUT2D eigenvalue weighted by Crippen LogP contribution is -2.33. The molecule has 1 heterocycles. The molecule has 6 nitrogen and oxygen atoms in total. The largest absolute Gasteiger partial charge is 0.480 e. The fourth-order valence-electron chi connectivity index (χ4n) is 0.910. The van der Waals surface area contributed by atoms with E-state index in [1.165, 1.54) is 13.3 Å². The first-order chi connectivity index (χ1) is 6.59. The summed E-state index contributed by atoms with van der Waals surface area (Å²) in [4.78, 5) is 22.7. The first-order valence-electron chi connectivity index (χ1n) is 3.94. The predicted molar refractivity (Wildman–Crippen MR) is 45.5 cm³/mol. The lowest BCUT2D eigenvalue weighted by molar-refractivity contribution is -0.143. The Morgan fingerprint density at radius 1 is 1.64 bits per heavy atom. The van der Waals surface area contributed by atoms with Crippen LogP contribution in [-0.2, 0) is 16.0 Å². The highest BCUT2D eigenvalue weighted by atomic mass is 16.5. The molecule has 76 valence electrons. The molecule has 1 rings (SSSR count). The average molecular weight is 198 g/mol. The van der Waals surface area contributed by atoms with Gasteiger partial charge < -0.3 is 14.5 Å². The highest BCUT2D eigenvalue weighted by Crippen LogP contribution is 1.98. The van der Waals surface area contributed by atoms with Crippen LogP contribution >= 0.6 is 0 Å². The maximum atomic E-state index is 11.3. The summed E-state index contributed by atoms with van der Waals surface area (Å²) in [7, 11) is 1.43. The Bertz CT molecular complexity index is 320. The molecule has 0 spiro atoms. The van der Waals surface area contributed by atoms with E-state index in [9.17, 15) is 9.59 Å². The summed E-state index contributed by atoms with van der Waals surface area (Å²) < 4.78 is 4.54. The number of amides is 1. The second-order valence-electron chi connectivity index (χ2n) is 2.81. The van der Waals surface area contributed by atoms with E-state index in [0.717, 1.165) is 4.90 Å². The third-order valence-corrected chi connectivity index (χ3v) is 1.62. The molecule has 1 amide bonds. The summed E-state index contributed by atoms with van der Waals surface area (Å²) in [5, 5.41) is 12.0. The van der Waals surface area contributed by atoms with Crippen molar-refractivity contribution in [2.75, 3.05) is 13.6 Å². The summed E-state index contributed by atoms with van der Waals surface area (Å²) in [6.45, 7) is -0.309. The first kappa shape index (κ1) is 10.2. The van der Waals surface area contributed by atoms with Crippen LogP contribution in [0.3, 0.4) is 0 Å². The topological polar surface area (TPSA) is 83.6 Å². The molecule has 0 atom stereocenters. The van der Waals surface area contributed by atoms with Crippen LogP contribution in [0.2, 0.25) is 0 Å². The van der Waals surface area contributed by atoms with E-state index >= 15 is 0 Å². The lowest BCUT2D eigenvalue weighted by Gasteiger charge is -2.12. The van der Waals surface area contributed by atoms with Gasteiger partial charge in [-0.3, -0.25) is 9.59 Å². The van der Waals surface area contributed by atoms with Gasteiger partial charge in [0.05, 0.1) is 12.1 Å². The highest BCUT2D eigenvalue weighted by Gasteiger charge is 2.13. The second-order valence-corrected chi connectivity index (χ2v) is 2.81. The average Bonchev–Trinajstić information content (AvgIpc) is 2.55. The van der Waals surface area contributed by atoms with E-state index in [1.807, 2.05) is 0 Å². The summed E-state index contributed by atoms with van der Waals surface area (Å²) in [5.74, 6) is -1.35. The van der Waals surface area contributed by atoms with Crippen molar-refractivity contribution in [3.63, 3.8) is 0 Å². The van der Waals surface area contributed by atoms with Crippen molar-refractivity contribution in [2.24, 2.45) is 0 Å². The zero-order valence-corrected chi connectivity index (χ0v) is 7.64. The van der Waals surface area contributed by atoms with Gasteiger partial charge in [0.25, 0.3) is 0 Å². The van der Waals surface area contributed by atoms with E-state index < -0.39 is 5.97 Å². The molecule has 1 aromatic rings. The van der Waals surface area contributed by atoms with Gasteiger partial charge >= 0.3 is 5.97 Å². The van der Waals surface area contributed by atoms with Crippen molar-refractivity contribution in [1.29, 1.82) is 0 Å². The number of aromatic nitrogens is 1. The molecule has 0 aromatic carbocycles. The molecule has 0 unspecified atom stereocenters. The summed E-state index contributed by atoms with van der Waals surface area (Å²) >= 11 is 0. The summed E-state index contributed by atoms with van der Waals surface area (Å²) in [6.07, 6.45) is 1.42. The molecule has 0 aliphatic rings. The van der Waals surface area contributed by atoms with Crippen LogP contribution in [0.15, 0.2) is 16.9 Å². The minimum atomic E-state index is -1.04. The third kappa shape index (κ3) is 2.89. The predicted octanol–water partition coefficient (Wildman–Crippen LogP) is -0.240. The Hall–Kier alpha value is -1.85. The van der Waals surface area contributed by atoms with E-state index in [1.54, 1.807) is 6.07 Å².